The summed E-state index contributed by atoms with van der Waals surface area (Å²) in [6, 6.07) is 5.73. The third kappa shape index (κ3) is 1.73. The van der Waals surface area contributed by atoms with E-state index in [0.717, 1.165) is 15.4 Å². The highest BCUT2D eigenvalue weighted by atomic mass is 79.9. The van der Waals surface area contributed by atoms with Gasteiger partial charge in [0.15, 0.2) is 0 Å². The molecule has 1 saturated carbocycles. The van der Waals surface area contributed by atoms with E-state index in [4.69, 9.17) is 0 Å². The summed E-state index contributed by atoms with van der Waals surface area (Å²) >= 11 is 3.35. The highest BCUT2D eigenvalue weighted by molar-refractivity contribution is 9.10. The lowest BCUT2D eigenvalue weighted by atomic mass is 10.3. The van der Waals surface area contributed by atoms with Crippen molar-refractivity contribution in [2.24, 2.45) is 5.92 Å². The first-order chi connectivity index (χ1) is 7.54. The smallest absolute Gasteiger partial charge is 0.253 e. The van der Waals surface area contributed by atoms with Crippen LogP contribution in [0.1, 0.15) is 6.42 Å². The molecule has 0 saturated heterocycles. The molecule has 0 N–H and O–H groups in total. The third-order valence-electron chi connectivity index (χ3n) is 2.88. The van der Waals surface area contributed by atoms with Gasteiger partial charge in [-0.1, -0.05) is 22.0 Å². The van der Waals surface area contributed by atoms with Crippen LogP contribution in [0.2, 0.25) is 0 Å². The lowest BCUT2D eigenvalue weighted by Crippen LogP contribution is -2.05. The number of nitrogens with zero attached hydrogens (tertiary/aromatic N) is 2. The predicted octanol–water partition coefficient (Wildman–Crippen LogP) is 3.45. The van der Waals surface area contributed by atoms with Crippen molar-refractivity contribution >= 4 is 26.8 Å². The van der Waals surface area contributed by atoms with E-state index in [1.807, 2.05) is 24.4 Å². The van der Waals surface area contributed by atoms with Gasteiger partial charge >= 0.3 is 0 Å². The van der Waals surface area contributed by atoms with Gasteiger partial charge in [-0.3, -0.25) is 4.68 Å². The summed E-state index contributed by atoms with van der Waals surface area (Å²) in [7, 11) is 0. The van der Waals surface area contributed by atoms with Gasteiger partial charge in [-0.15, -0.1) is 0 Å². The quantitative estimate of drug-likeness (QED) is 0.827. The Bertz CT molecular complexity index is 550. The molecular weight excluding hydrogens is 278 g/mol. The molecule has 1 aliphatic rings. The van der Waals surface area contributed by atoms with Crippen molar-refractivity contribution < 1.29 is 8.78 Å². The molecule has 1 aliphatic carbocycles. The number of halogens is 3. The Hall–Kier alpha value is -0.970. The van der Waals surface area contributed by atoms with Crippen LogP contribution in [0.3, 0.4) is 0 Å². The zero-order chi connectivity index (χ0) is 11.3. The first kappa shape index (κ1) is 10.2. The Morgan fingerprint density at radius 2 is 2.25 bits per heavy atom. The van der Waals surface area contributed by atoms with E-state index in [2.05, 4.69) is 21.0 Å². The van der Waals surface area contributed by atoms with Crippen LogP contribution in [0.5, 0.6) is 0 Å². The maximum atomic E-state index is 12.8. The fourth-order valence-electron chi connectivity index (χ4n) is 1.83. The molecule has 1 atom stereocenters. The van der Waals surface area contributed by atoms with E-state index < -0.39 is 11.8 Å². The maximum Gasteiger partial charge on any atom is 0.253 e. The molecule has 3 rings (SSSR count). The van der Waals surface area contributed by atoms with E-state index in [0.29, 0.717) is 6.54 Å². The van der Waals surface area contributed by atoms with E-state index in [1.54, 1.807) is 4.68 Å². The molecule has 0 bridgehead atoms. The molecule has 0 amide bonds. The molecule has 1 heterocycles. The minimum Gasteiger partial charge on any atom is -0.271 e. The monoisotopic (exact) mass is 286 g/mol. The van der Waals surface area contributed by atoms with Gasteiger partial charge in [0, 0.05) is 34.9 Å². The van der Waals surface area contributed by atoms with E-state index in [-0.39, 0.29) is 6.42 Å². The van der Waals surface area contributed by atoms with Crippen LogP contribution in [-0.2, 0) is 6.54 Å². The average molecular weight is 287 g/mol. The van der Waals surface area contributed by atoms with Crippen LogP contribution in [0.25, 0.3) is 10.9 Å². The summed E-state index contributed by atoms with van der Waals surface area (Å²) in [5.41, 5.74) is 0.832. The summed E-state index contributed by atoms with van der Waals surface area (Å²) in [5, 5.41) is 5.25. The van der Waals surface area contributed by atoms with Gasteiger partial charge < -0.3 is 0 Å². The van der Waals surface area contributed by atoms with Gasteiger partial charge in [0.1, 0.15) is 0 Å². The van der Waals surface area contributed by atoms with Crippen LogP contribution in [0.15, 0.2) is 28.9 Å². The fourth-order valence-corrected chi connectivity index (χ4v) is 2.18. The van der Waals surface area contributed by atoms with Crippen LogP contribution >= 0.6 is 15.9 Å². The molecule has 16 heavy (non-hydrogen) atoms. The van der Waals surface area contributed by atoms with Gasteiger partial charge in [0.2, 0.25) is 0 Å². The Kier molecular flexibility index (Phi) is 2.08. The lowest BCUT2D eigenvalue weighted by Gasteiger charge is -1.98. The second-order valence-corrected chi connectivity index (χ2v) is 5.13. The summed E-state index contributed by atoms with van der Waals surface area (Å²) < 4.78 is 28.1. The third-order valence-corrected chi connectivity index (χ3v) is 3.37. The van der Waals surface area contributed by atoms with Crippen LogP contribution in [0, 0.1) is 5.92 Å². The molecule has 5 heteroatoms. The minimum atomic E-state index is -2.47. The van der Waals surface area contributed by atoms with Crippen molar-refractivity contribution in [2.45, 2.75) is 18.9 Å². The average Bonchev–Trinajstić information content (AvgIpc) is 2.64. The number of rotatable bonds is 2. The van der Waals surface area contributed by atoms with E-state index >= 15 is 0 Å². The topological polar surface area (TPSA) is 17.8 Å². The molecule has 84 valence electrons. The second-order valence-electron chi connectivity index (χ2n) is 4.22. The van der Waals surface area contributed by atoms with Crippen molar-refractivity contribution in [1.29, 1.82) is 0 Å². The SMILES string of the molecule is FC1(F)CC1Cn1cc2ccc(Br)cc2n1. The molecule has 0 aliphatic heterocycles. The molecule has 2 nitrogen and oxygen atoms in total. The number of aromatic nitrogens is 2. The van der Waals surface area contributed by atoms with Gasteiger partial charge in [0.25, 0.3) is 5.92 Å². The lowest BCUT2D eigenvalue weighted by molar-refractivity contribution is 0.0943. The molecule has 0 radical (unpaired) electrons. The summed E-state index contributed by atoms with van der Waals surface area (Å²) in [6.45, 7) is 0.305. The number of benzene rings is 1. The Balaban J connectivity index is 1.88. The predicted molar refractivity (Wildman–Crippen MR) is 60.5 cm³/mol. The molecule has 1 fully saturated rings. The first-order valence-corrected chi connectivity index (χ1v) is 5.84. The summed E-state index contributed by atoms with van der Waals surface area (Å²) in [6.07, 6.45) is 1.81. The normalized spacial score (nSPS) is 22.6. The van der Waals surface area contributed by atoms with Crippen LogP contribution in [0.4, 0.5) is 8.78 Å². The standard InChI is InChI=1S/C11H9BrF2N2/c12-9-2-1-7-5-16(15-10(7)3-9)6-8-4-11(8,13)14/h1-3,5,8H,4,6H2. The molecule has 1 aromatic carbocycles. The largest absolute Gasteiger partial charge is 0.271 e. The molecule has 1 unspecified atom stereocenters. The van der Waals surface area contributed by atoms with Gasteiger partial charge in [-0.25, -0.2) is 8.78 Å². The van der Waals surface area contributed by atoms with Gasteiger partial charge in [-0.2, -0.15) is 5.10 Å². The number of alkyl halides is 2. The van der Waals surface area contributed by atoms with Gasteiger partial charge in [0.05, 0.1) is 5.52 Å². The number of hydrogen-bond donors (Lipinski definition) is 0. The van der Waals surface area contributed by atoms with E-state index in [9.17, 15) is 8.78 Å². The van der Waals surface area contributed by atoms with Crippen molar-refractivity contribution in [3.8, 4) is 0 Å². The first-order valence-electron chi connectivity index (χ1n) is 5.05. The van der Waals surface area contributed by atoms with E-state index in [1.165, 1.54) is 0 Å². The second kappa shape index (κ2) is 3.26. The molecule has 0 spiro atoms. The summed E-state index contributed by atoms with van der Waals surface area (Å²) in [5.74, 6) is -3.01. The van der Waals surface area contributed by atoms with Crippen molar-refractivity contribution in [3.05, 3.63) is 28.9 Å². The zero-order valence-electron chi connectivity index (χ0n) is 8.33. The molecular formula is C11H9BrF2N2. The molecule has 1 aromatic heterocycles. The Morgan fingerprint density at radius 3 is 2.94 bits per heavy atom. The highest BCUT2D eigenvalue weighted by Gasteiger charge is 2.56. The summed E-state index contributed by atoms with van der Waals surface area (Å²) in [4.78, 5) is 0. The van der Waals surface area contributed by atoms with Gasteiger partial charge in [-0.05, 0) is 12.1 Å². The Labute approximate surface area is 99.4 Å². The maximum absolute atomic E-state index is 12.8. The van der Waals surface area contributed by atoms with Crippen molar-refractivity contribution in [1.82, 2.24) is 9.78 Å². The fraction of sp³-hybridized carbons (Fsp3) is 0.364. The van der Waals surface area contributed by atoms with Crippen LogP contribution < -0.4 is 0 Å². The van der Waals surface area contributed by atoms with Crippen LogP contribution in [-0.4, -0.2) is 15.7 Å². The Morgan fingerprint density at radius 1 is 1.50 bits per heavy atom. The zero-order valence-corrected chi connectivity index (χ0v) is 9.92. The highest BCUT2D eigenvalue weighted by Crippen LogP contribution is 2.49. The number of fused-ring (bicyclic) bond motifs is 1. The van der Waals surface area contributed by atoms with Crippen molar-refractivity contribution in [2.75, 3.05) is 0 Å². The molecule has 2 aromatic rings. The number of hydrogen-bond acceptors (Lipinski definition) is 1. The minimum absolute atomic E-state index is 0.00704. The van der Waals surface area contributed by atoms with Crippen molar-refractivity contribution in [3.63, 3.8) is 0 Å².